The van der Waals surface area contributed by atoms with Crippen molar-refractivity contribution in [3.8, 4) is 5.75 Å². The van der Waals surface area contributed by atoms with Gasteiger partial charge in [-0.05, 0) is 50.8 Å². The third kappa shape index (κ3) is 6.65. The first-order chi connectivity index (χ1) is 13.0. The van der Waals surface area contributed by atoms with Crippen molar-refractivity contribution in [2.75, 3.05) is 19.6 Å². The number of rotatable bonds is 11. The minimum atomic E-state index is 0.0201. The van der Waals surface area contributed by atoms with Crippen molar-refractivity contribution in [2.24, 2.45) is 0 Å². The monoisotopic (exact) mass is 374 g/mol. The maximum absolute atomic E-state index is 12.7. The summed E-state index contributed by atoms with van der Waals surface area (Å²) in [5, 5.41) is 13.0. The molecule has 1 saturated heterocycles. The summed E-state index contributed by atoms with van der Waals surface area (Å²) in [7, 11) is 0. The predicted octanol–water partition coefficient (Wildman–Crippen LogP) is 3.82. The van der Waals surface area contributed by atoms with Crippen molar-refractivity contribution in [1.29, 1.82) is 0 Å². The highest BCUT2D eigenvalue weighted by molar-refractivity contribution is 6.00. The molecule has 0 unspecified atom stereocenters. The number of likely N-dealkylation sites (tertiary alicyclic amines) is 1. The molecule has 1 atom stereocenters. The van der Waals surface area contributed by atoms with Crippen LogP contribution in [0.5, 0.6) is 5.75 Å². The molecule has 0 bridgehead atoms. The van der Waals surface area contributed by atoms with E-state index in [0.717, 1.165) is 57.2 Å². The molecule has 5 heteroatoms. The topological polar surface area (TPSA) is 69.6 Å². The Kier molecular flexibility index (Phi) is 8.79. The number of unbranched alkanes of at least 4 members (excludes halogenated alkanes) is 2. The van der Waals surface area contributed by atoms with E-state index in [0.29, 0.717) is 24.9 Å². The first kappa shape index (κ1) is 21.4. The summed E-state index contributed by atoms with van der Waals surface area (Å²) in [6.07, 6.45) is 7.28. The molecule has 1 fully saturated rings. The van der Waals surface area contributed by atoms with E-state index < -0.39 is 0 Å². The number of Topliss-reactive ketones (excluding diaryl/α,β-unsaturated/α-hetero) is 1. The molecule has 1 aliphatic rings. The van der Waals surface area contributed by atoms with Crippen LogP contribution in [-0.2, 0) is 4.79 Å². The van der Waals surface area contributed by atoms with Crippen molar-refractivity contribution < 1.29 is 14.7 Å². The molecule has 150 valence electrons. The number of hydrogen-bond donors (Lipinski definition) is 2. The van der Waals surface area contributed by atoms with Crippen molar-refractivity contribution in [2.45, 2.75) is 71.3 Å². The number of aryl methyl sites for hydroxylation is 1. The number of amides is 1. The maximum atomic E-state index is 12.7. The molecular formula is C22H34N2O3. The Bertz CT molecular complexity index is 610. The van der Waals surface area contributed by atoms with Gasteiger partial charge in [0.15, 0.2) is 5.78 Å². The van der Waals surface area contributed by atoms with Gasteiger partial charge in [-0.2, -0.15) is 0 Å². The molecule has 1 aromatic rings. The quantitative estimate of drug-likeness (QED) is 0.456. The second-order valence-corrected chi connectivity index (χ2v) is 7.59. The Morgan fingerprint density at radius 2 is 2.07 bits per heavy atom. The lowest BCUT2D eigenvalue weighted by Gasteiger charge is -2.24. The van der Waals surface area contributed by atoms with E-state index in [1.54, 1.807) is 12.1 Å². The van der Waals surface area contributed by atoms with E-state index in [4.69, 9.17) is 0 Å². The summed E-state index contributed by atoms with van der Waals surface area (Å²) >= 11 is 0. The van der Waals surface area contributed by atoms with Gasteiger partial charge in [-0.3, -0.25) is 14.5 Å². The summed E-state index contributed by atoms with van der Waals surface area (Å²) in [6, 6.07) is 5.44. The van der Waals surface area contributed by atoms with Gasteiger partial charge in [0.25, 0.3) is 0 Å². The van der Waals surface area contributed by atoms with E-state index in [2.05, 4.69) is 17.1 Å². The second-order valence-electron chi connectivity index (χ2n) is 7.59. The van der Waals surface area contributed by atoms with Crippen molar-refractivity contribution in [3.63, 3.8) is 0 Å². The highest BCUT2D eigenvalue weighted by Crippen LogP contribution is 2.26. The molecule has 2 rings (SSSR count). The van der Waals surface area contributed by atoms with Gasteiger partial charge in [0.05, 0.1) is 5.56 Å². The molecule has 1 amide bonds. The average Bonchev–Trinajstić information content (AvgIpc) is 3.06. The van der Waals surface area contributed by atoms with Crippen LogP contribution in [0.25, 0.3) is 0 Å². The van der Waals surface area contributed by atoms with Crippen LogP contribution in [0.2, 0.25) is 0 Å². The van der Waals surface area contributed by atoms with Gasteiger partial charge in [-0.1, -0.05) is 31.9 Å². The van der Waals surface area contributed by atoms with Crippen LogP contribution >= 0.6 is 0 Å². The minimum absolute atomic E-state index is 0.0201. The molecular weight excluding hydrogens is 340 g/mol. The van der Waals surface area contributed by atoms with E-state index in [9.17, 15) is 14.7 Å². The first-order valence-corrected chi connectivity index (χ1v) is 10.4. The summed E-state index contributed by atoms with van der Waals surface area (Å²) in [5.74, 6) is 0.244. The number of ketones is 1. The number of hydrogen-bond acceptors (Lipinski definition) is 4. The van der Waals surface area contributed by atoms with Gasteiger partial charge in [-0.15, -0.1) is 0 Å². The minimum Gasteiger partial charge on any atom is -0.507 e. The van der Waals surface area contributed by atoms with Gasteiger partial charge >= 0.3 is 0 Å². The normalized spacial score (nSPS) is 17.2. The number of carbonyl (C=O) groups excluding carboxylic acids is 2. The Morgan fingerprint density at radius 1 is 1.26 bits per heavy atom. The average molecular weight is 375 g/mol. The summed E-state index contributed by atoms with van der Waals surface area (Å²) in [6.45, 7) is 6.59. The third-order valence-electron chi connectivity index (χ3n) is 5.40. The summed E-state index contributed by atoms with van der Waals surface area (Å²) in [5.41, 5.74) is 1.29. The standard InChI is InChI=1S/C22H34N2O3/c1-3-4-5-12-21(27)23-13-8-15-24-14-7-10-18(24)16-20(26)22-17(2)9-6-11-19(22)25/h6,9,11,18,25H,3-5,7-8,10,12-16H2,1-2H3,(H,23,27)/t18-/m1/s1. The maximum Gasteiger partial charge on any atom is 0.219 e. The van der Waals surface area contributed by atoms with Crippen LogP contribution in [0.1, 0.15) is 74.2 Å². The Labute approximate surface area is 163 Å². The Balaban J connectivity index is 1.75. The van der Waals surface area contributed by atoms with Crippen LogP contribution in [0.3, 0.4) is 0 Å². The van der Waals surface area contributed by atoms with Crippen molar-refractivity contribution in [1.82, 2.24) is 10.2 Å². The zero-order valence-corrected chi connectivity index (χ0v) is 16.8. The first-order valence-electron chi connectivity index (χ1n) is 10.4. The smallest absolute Gasteiger partial charge is 0.219 e. The van der Waals surface area contributed by atoms with Crippen LogP contribution in [-0.4, -0.2) is 47.4 Å². The molecule has 0 aromatic heterocycles. The van der Waals surface area contributed by atoms with Crippen molar-refractivity contribution >= 4 is 11.7 Å². The number of nitrogens with zero attached hydrogens (tertiary/aromatic N) is 1. The van der Waals surface area contributed by atoms with Crippen LogP contribution in [0.15, 0.2) is 18.2 Å². The largest absolute Gasteiger partial charge is 0.507 e. The number of nitrogens with one attached hydrogen (secondary N) is 1. The molecule has 0 aliphatic carbocycles. The van der Waals surface area contributed by atoms with Gasteiger partial charge in [-0.25, -0.2) is 0 Å². The Morgan fingerprint density at radius 3 is 2.81 bits per heavy atom. The molecule has 5 nitrogen and oxygen atoms in total. The molecule has 2 N–H and O–H groups in total. The van der Waals surface area contributed by atoms with Crippen LogP contribution in [0.4, 0.5) is 0 Å². The van der Waals surface area contributed by atoms with E-state index in [1.165, 1.54) is 0 Å². The van der Waals surface area contributed by atoms with E-state index >= 15 is 0 Å². The lowest BCUT2D eigenvalue weighted by molar-refractivity contribution is -0.121. The molecule has 1 heterocycles. The van der Waals surface area contributed by atoms with Crippen LogP contribution < -0.4 is 5.32 Å². The molecule has 0 saturated carbocycles. The molecule has 1 aromatic carbocycles. The van der Waals surface area contributed by atoms with Gasteiger partial charge in [0.1, 0.15) is 5.75 Å². The molecule has 0 spiro atoms. The van der Waals surface area contributed by atoms with Crippen LogP contribution in [0, 0.1) is 6.92 Å². The lowest BCUT2D eigenvalue weighted by Crippen LogP contribution is -2.34. The molecule has 1 aliphatic heterocycles. The number of phenolic OH excluding ortho intramolecular Hbond substituents is 1. The van der Waals surface area contributed by atoms with Gasteiger partial charge < -0.3 is 10.4 Å². The summed E-state index contributed by atoms with van der Waals surface area (Å²) in [4.78, 5) is 26.8. The van der Waals surface area contributed by atoms with E-state index in [1.807, 2.05) is 13.0 Å². The number of aromatic hydroxyl groups is 1. The fourth-order valence-electron chi connectivity index (χ4n) is 3.89. The summed E-state index contributed by atoms with van der Waals surface area (Å²) < 4.78 is 0. The fraction of sp³-hybridized carbons (Fsp3) is 0.636. The zero-order chi connectivity index (χ0) is 19.6. The Hall–Kier alpha value is -1.88. The molecule has 27 heavy (non-hydrogen) atoms. The van der Waals surface area contributed by atoms with Gasteiger partial charge in [0.2, 0.25) is 5.91 Å². The zero-order valence-electron chi connectivity index (χ0n) is 16.8. The third-order valence-corrected chi connectivity index (χ3v) is 5.40. The predicted molar refractivity (Wildman–Crippen MR) is 108 cm³/mol. The lowest BCUT2D eigenvalue weighted by atomic mass is 9.97. The highest BCUT2D eigenvalue weighted by atomic mass is 16.3. The number of benzene rings is 1. The van der Waals surface area contributed by atoms with Gasteiger partial charge in [0, 0.05) is 32.0 Å². The molecule has 0 radical (unpaired) electrons. The SMILES string of the molecule is CCCCCC(=O)NCCCN1CCC[C@@H]1CC(=O)c1c(C)cccc1O. The highest BCUT2D eigenvalue weighted by Gasteiger charge is 2.27. The number of carbonyl (C=O) groups is 2. The van der Waals surface area contributed by atoms with E-state index in [-0.39, 0.29) is 23.5 Å². The fourth-order valence-corrected chi connectivity index (χ4v) is 3.89. The second kappa shape index (κ2) is 11.1. The van der Waals surface area contributed by atoms with Crippen molar-refractivity contribution in [3.05, 3.63) is 29.3 Å². The number of phenols is 1.